The third-order valence-corrected chi connectivity index (χ3v) is 2.94. The molecule has 0 saturated carbocycles. The first-order valence-corrected chi connectivity index (χ1v) is 5.47. The van der Waals surface area contributed by atoms with Crippen LogP contribution < -0.4 is 5.73 Å². The van der Waals surface area contributed by atoms with Crippen LogP contribution in [0.4, 0.5) is 0 Å². The minimum absolute atomic E-state index is 0.00189. The van der Waals surface area contributed by atoms with Gasteiger partial charge in [-0.15, -0.1) is 0 Å². The van der Waals surface area contributed by atoms with Crippen LogP contribution in [0.15, 0.2) is 10.6 Å². The van der Waals surface area contributed by atoms with E-state index in [0.717, 1.165) is 37.7 Å². The molecule has 0 aromatic carbocycles. The Labute approximate surface area is 89.8 Å². The third-order valence-electron chi connectivity index (χ3n) is 2.94. The average Bonchev–Trinajstić information content (AvgIpc) is 2.69. The van der Waals surface area contributed by atoms with Crippen LogP contribution in [0.3, 0.4) is 0 Å². The summed E-state index contributed by atoms with van der Waals surface area (Å²) in [7, 11) is 0. The monoisotopic (exact) mass is 210 g/mol. The molecule has 2 rings (SSSR count). The second-order valence-electron chi connectivity index (χ2n) is 4.37. The Morgan fingerprint density at radius 2 is 2.47 bits per heavy atom. The number of oxazole rings is 1. The lowest BCUT2D eigenvalue weighted by atomic mass is 9.83. The molecule has 0 spiro atoms. The van der Waals surface area contributed by atoms with Crippen LogP contribution >= 0.6 is 0 Å². The van der Waals surface area contributed by atoms with Crippen molar-refractivity contribution in [3.05, 3.63) is 17.8 Å². The zero-order valence-electron chi connectivity index (χ0n) is 9.16. The fourth-order valence-corrected chi connectivity index (χ4v) is 1.96. The molecule has 1 fully saturated rings. The summed E-state index contributed by atoms with van der Waals surface area (Å²) in [5.41, 5.74) is 5.45. The van der Waals surface area contributed by atoms with Gasteiger partial charge in [-0.05, 0) is 12.8 Å². The van der Waals surface area contributed by atoms with E-state index < -0.39 is 0 Å². The highest BCUT2D eigenvalue weighted by molar-refractivity contribution is 5.11. The minimum atomic E-state index is -0.00189. The highest BCUT2D eigenvalue weighted by Crippen LogP contribution is 2.32. The third kappa shape index (κ3) is 2.21. The summed E-state index contributed by atoms with van der Waals surface area (Å²) in [4.78, 5) is 4.22. The molecular weight excluding hydrogens is 192 g/mol. The number of nitrogens with two attached hydrogens (primary N) is 1. The molecule has 0 bridgehead atoms. The van der Waals surface area contributed by atoms with Crippen LogP contribution in [-0.2, 0) is 16.6 Å². The van der Waals surface area contributed by atoms with E-state index >= 15 is 0 Å². The molecule has 84 valence electrons. The zero-order chi connectivity index (χ0) is 10.7. The molecule has 2 N–H and O–H groups in total. The Hall–Kier alpha value is -0.870. The van der Waals surface area contributed by atoms with Gasteiger partial charge < -0.3 is 14.9 Å². The van der Waals surface area contributed by atoms with E-state index in [2.05, 4.69) is 11.9 Å². The van der Waals surface area contributed by atoms with Gasteiger partial charge in [-0.3, -0.25) is 0 Å². The molecule has 15 heavy (non-hydrogen) atoms. The van der Waals surface area contributed by atoms with E-state index in [1.54, 1.807) is 0 Å². The van der Waals surface area contributed by atoms with Gasteiger partial charge in [-0.25, -0.2) is 4.98 Å². The number of ether oxygens (including phenoxy) is 1. The maximum atomic E-state index is 5.70. The summed E-state index contributed by atoms with van der Waals surface area (Å²) in [5.74, 6) is 1.67. The van der Waals surface area contributed by atoms with E-state index in [1.807, 2.05) is 6.20 Å². The largest absolute Gasteiger partial charge is 0.445 e. The molecule has 1 aliphatic rings. The first-order valence-electron chi connectivity index (χ1n) is 5.47. The van der Waals surface area contributed by atoms with Gasteiger partial charge in [0, 0.05) is 19.6 Å². The summed E-state index contributed by atoms with van der Waals surface area (Å²) >= 11 is 0. The van der Waals surface area contributed by atoms with E-state index in [9.17, 15) is 0 Å². The second-order valence-corrected chi connectivity index (χ2v) is 4.37. The molecule has 0 radical (unpaired) electrons. The molecule has 1 atom stereocenters. The predicted octanol–water partition coefficient (Wildman–Crippen LogP) is 1.24. The molecule has 1 aromatic heterocycles. The van der Waals surface area contributed by atoms with Crippen LogP contribution in [0, 0.1) is 0 Å². The molecular formula is C11H18N2O2. The van der Waals surface area contributed by atoms with Crippen LogP contribution in [0.25, 0.3) is 0 Å². The number of hydrogen-bond acceptors (Lipinski definition) is 4. The number of hydrogen-bond donors (Lipinski definition) is 1. The van der Waals surface area contributed by atoms with Gasteiger partial charge >= 0.3 is 0 Å². The van der Waals surface area contributed by atoms with E-state index in [0.29, 0.717) is 13.0 Å². The molecule has 0 amide bonds. The van der Waals surface area contributed by atoms with Crippen molar-refractivity contribution >= 4 is 0 Å². The standard InChI is InChI=1S/C11H18N2O2/c1-11(4-2-6-14-8-11)9-7-13-10(15-9)3-5-12/h7H,2-6,8,12H2,1H3. The van der Waals surface area contributed by atoms with Crippen LogP contribution in [0.5, 0.6) is 0 Å². The maximum absolute atomic E-state index is 5.70. The number of aromatic nitrogens is 1. The Kier molecular flexibility index (Phi) is 3.07. The quantitative estimate of drug-likeness (QED) is 0.815. The highest BCUT2D eigenvalue weighted by Gasteiger charge is 2.33. The molecule has 4 nitrogen and oxygen atoms in total. The fourth-order valence-electron chi connectivity index (χ4n) is 1.96. The molecule has 1 aliphatic heterocycles. The lowest BCUT2D eigenvalue weighted by Crippen LogP contribution is -2.32. The first-order chi connectivity index (χ1) is 7.24. The number of rotatable bonds is 3. The van der Waals surface area contributed by atoms with Crippen LogP contribution in [-0.4, -0.2) is 24.7 Å². The lowest BCUT2D eigenvalue weighted by molar-refractivity contribution is 0.0326. The van der Waals surface area contributed by atoms with Crippen molar-refractivity contribution in [3.8, 4) is 0 Å². The Morgan fingerprint density at radius 1 is 1.60 bits per heavy atom. The summed E-state index contributed by atoms with van der Waals surface area (Å²) in [6, 6.07) is 0. The van der Waals surface area contributed by atoms with Gasteiger partial charge in [-0.1, -0.05) is 6.92 Å². The molecule has 1 aromatic rings. The molecule has 1 saturated heterocycles. The molecule has 2 heterocycles. The Balaban J connectivity index is 2.12. The van der Waals surface area contributed by atoms with Gasteiger partial charge in [0.1, 0.15) is 5.76 Å². The minimum Gasteiger partial charge on any atom is -0.445 e. The van der Waals surface area contributed by atoms with Crippen molar-refractivity contribution in [2.75, 3.05) is 19.8 Å². The Bertz CT molecular complexity index is 316. The second kappa shape index (κ2) is 4.33. The van der Waals surface area contributed by atoms with Gasteiger partial charge in [0.05, 0.1) is 18.2 Å². The SMILES string of the molecule is CC1(c2cnc(CCN)o2)CCCOC1. The van der Waals surface area contributed by atoms with E-state index in [1.165, 1.54) is 0 Å². The fraction of sp³-hybridized carbons (Fsp3) is 0.727. The summed E-state index contributed by atoms with van der Waals surface area (Å²) in [5, 5.41) is 0. The summed E-state index contributed by atoms with van der Waals surface area (Å²) in [6.45, 7) is 4.33. The van der Waals surface area contributed by atoms with Crippen LogP contribution in [0.1, 0.15) is 31.4 Å². The van der Waals surface area contributed by atoms with Crippen molar-refractivity contribution < 1.29 is 9.15 Å². The maximum Gasteiger partial charge on any atom is 0.195 e. The van der Waals surface area contributed by atoms with Crippen molar-refractivity contribution in [1.29, 1.82) is 0 Å². The van der Waals surface area contributed by atoms with E-state index in [4.69, 9.17) is 14.9 Å². The smallest absolute Gasteiger partial charge is 0.195 e. The van der Waals surface area contributed by atoms with Crippen molar-refractivity contribution in [2.24, 2.45) is 5.73 Å². The van der Waals surface area contributed by atoms with Gasteiger partial charge in [0.2, 0.25) is 0 Å². The van der Waals surface area contributed by atoms with Crippen molar-refractivity contribution in [3.63, 3.8) is 0 Å². The Morgan fingerprint density at radius 3 is 3.13 bits per heavy atom. The highest BCUT2D eigenvalue weighted by atomic mass is 16.5. The molecule has 1 unspecified atom stereocenters. The van der Waals surface area contributed by atoms with Gasteiger partial charge in [0.25, 0.3) is 0 Å². The zero-order valence-corrected chi connectivity index (χ0v) is 9.16. The van der Waals surface area contributed by atoms with Crippen molar-refractivity contribution in [1.82, 2.24) is 4.98 Å². The summed E-state index contributed by atoms with van der Waals surface area (Å²) < 4.78 is 11.2. The van der Waals surface area contributed by atoms with Gasteiger partial charge in [0.15, 0.2) is 5.89 Å². The normalized spacial score (nSPS) is 26.8. The van der Waals surface area contributed by atoms with E-state index in [-0.39, 0.29) is 5.41 Å². The molecule has 4 heteroatoms. The summed E-state index contributed by atoms with van der Waals surface area (Å²) in [6.07, 6.45) is 4.71. The van der Waals surface area contributed by atoms with Crippen LogP contribution in [0.2, 0.25) is 0 Å². The van der Waals surface area contributed by atoms with Gasteiger partial charge in [-0.2, -0.15) is 0 Å². The topological polar surface area (TPSA) is 61.3 Å². The lowest BCUT2D eigenvalue weighted by Gasteiger charge is -2.30. The molecule has 0 aliphatic carbocycles. The first kappa shape index (κ1) is 10.6. The van der Waals surface area contributed by atoms with Crippen molar-refractivity contribution in [2.45, 2.75) is 31.6 Å². The average molecular weight is 210 g/mol. The number of nitrogens with zero attached hydrogens (tertiary/aromatic N) is 1. The predicted molar refractivity (Wildman–Crippen MR) is 56.7 cm³/mol.